The number of para-hydroxylation sites is 1. The second-order valence-corrected chi connectivity index (χ2v) is 9.20. The number of thioether (sulfide) groups is 1. The maximum absolute atomic E-state index is 12.4. The van der Waals surface area contributed by atoms with Gasteiger partial charge in [0.05, 0.1) is 17.5 Å². The average Bonchev–Trinajstić information content (AvgIpc) is 3.54. The van der Waals surface area contributed by atoms with Crippen LogP contribution in [0.5, 0.6) is 0 Å². The lowest BCUT2D eigenvalue weighted by Crippen LogP contribution is -2.47. The standard InChI is InChI=1S/C22H27N5OS/c1-22(15-23,17-12-13-17)25-19(28)14-29-21-24-20(16-8-4-2-5-9-16)27(26-21)18-10-6-3-7-11-18/h3,6-7,10-11,16-17H,2,4-5,8-9,12-14H2,1H3,(H,25,28)/t22-/m0/s1. The number of benzene rings is 1. The lowest BCUT2D eigenvalue weighted by atomic mass is 9.88. The molecule has 0 aliphatic heterocycles. The maximum Gasteiger partial charge on any atom is 0.231 e. The number of nitrogens with one attached hydrogen (secondary N) is 1. The van der Waals surface area contributed by atoms with E-state index >= 15 is 0 Å². The number of carbonyl (C=O) groups is 1. The third kappa shape index (κ3) is 4.64. The summed E-state index contributed by atoms with van der Waals surface area (Å²) >= 11 is 1.34. The molecular weight excluding hydrogens is 382 g/mol. The summed E-state index contributed by atoms with van der Waals surface area (Å²) in [6, 6.07) is 12.3. The van der Waals surface area contributed by atoms with Crippen molar-refractivity contribution >= 4 is 17.7 Å². The Kier molecular flexibility index (Phi) is 5.91. The zero-order valence-corrected chi connectivity index (χ0v) is 17.6. The lowest BCUT2D eigenvalue weighted by Gasteiger charge is -2.22. The molecule has 1 aromatic heterocycles. The number of hydrogen-bond acceptors (Lipinski definition) is 5. The molecule has 4 rings (SSSR count). The summed E-state index contributed by atoms with van der Waals surface area (Å²) in [4.78, 5) is 17.3. The van der Waals surface area contributed by atoms with Crippen LogP contribution < -0.4 is 5.32 Å². The van der Waals surface area contributed by atoms with Crippen LogP contribution in [0.2, 0.25) is 0 Å². The predicted octanol–water partition coefficient (Wildman–Crippen LogP) is 4.22. The third-order valence-electron chi connectivity index (χ3n) is 5.94. The minimum atomic E-state index is -0.762. The van der Waals surface area contributed by atoms with E-state index in [1.54, 1.807) is 0 Å². The molecule has 2 saturated carbocycles. The summed E-state index contributed by atoms with van der Waals surface area (Å²) < 4.78 is 1.94. The van der Waals surface area contributed by atoms with Crippen LogP contribution >= 0.6 is 11.8 Å². The molecule has 0 bridgehead atoms. The Hall–Kier alpha value is -2.33. The summed E-state index contributed by atoms with van der Waals surface area (Å²) in [6.45, 7) is 1.82. The summed E-state index contributed by atoms with van der Waals surface area (Å²) in [7, 11) is 0. The highest BCUT2D eigenvalue weighted by atomic mass is 32.2. The molecule has 2 aliphatic carbocycles. The monoisotopic (exact) mass is 409 g/mol. The van der Waals surface area contributed by atoms with Crippen molar-refractivity contribution in [3.63, 3.8) is 0 Å². The second-order valence-electron chi connectivity index (χ2n) is 8.26. The predicted molar refractivity (Wildman–Crippen MR) is 113 cm³/mol. The van der Waals surface area contributed by atoms with E-state index in [2.05, 4.69) is 11.4 Å². The summed E-state index contributed by atoms with van der Waals surface area (Å²) in [5, 5.41) is 17.7. The zero-order chi connectivity index (χ0) is 20.3. The van der Waals surface area contributed by atoms with Crippen molar-refractivity contribution in [1.29, 1.82) is 5.26 Å². The minimum absolute atomic E-state index is 0.138. The Labute approximate surface area is 176 Å². The van der Waals surface area contributed by atoms with E-state index in [4.69, 9.17) is 10.1 Å². The van der Waals surface area contributed by atoms with E-state index in [0.717, 1.165) is 37.2 Å². The van der Waals surface area contributed by atoms with Gasteiger partial charge in [-0.3, -0.25) is 4.79 Å². The Morgan fingerprint density at radius 1 is 1.24 bits per heavy atom. The first kappa shape index (κ1) is 20.0. The van der Waals surface area contributed by atoms with E-state index in [1.165, 1.54) is 31.0 Å². The van der Waals surface area contributed by atoms with Gasteiger partial charge < -0.3 is 5.32 Å². The molecule has 1 amide bonds. The number of nitriles is 1. The fraction of sp³-hybridized carbons (Fsp3) is 0.545. The van der Waals surface area contributed by atoms with Gasteiger partial charge in [-0.2, -0.15) is 5.26 Å². The van der Waals surface area contributed by atoms with Crippen molar-refractivity contribution in [1.82, 2.24) is 20.1 Å². The van der Waals surface area contributed by atoms with Gasteiger partial charge in [0.25, 0.3) is 0 Å². The van der Waals surface area contributed by atoms with Crippen LogP contribution in [0.25, 0.3) is 5.69 Å². The van der Waals surface area contributed by atoms with Crippen LogP contribution in [-0.4, -0.2) is 32.0 Å². The van der Waals surface area contributed by atoms with Gasteiger partial charge >= 0.3 is 0 Å². The van der Waals surface area contributed by atoms with Crippen LogP contribution in [0.4, 0.5) is 0 Å². The fourth-order valence-corrected chi connectivity index (χ4v) is 4.72. The van der Waals surface area contributed by atoms with Crippen molar-refractivity contribution < 1.29 is 4.79 Å². The number of aromatic nitrogens is 3. The van der Waals surface area contributed by atoms with Crippen LogP contribution in [-0.2, 0) is 4.79 Å². The first-order valence-corrected chi connectivity index (χ1v) is 11.4. The SMILES string of the molecule is C[C@@](C#N)(NC(=O)CSc1nc(C2CCCCC2)n(-c2ccccc2)n1)C1CC1. The molecule has 0 radical (unpaired) electrons. The van der Waals surface area contributed by atoms with Gasteiger partial charge in [-0.25, -0.2) is 9.67 Å². The summed E-state index contributed by atoms with van der Waals surface area (Å²) in [5.41, 5.74) is 0.240. The second kappa shape index (κ2) is 8.58. The zero-order valence-electron chi connectivity index (χ0n) is 16.8. The number of carbonyl (C=O) groups excluding carboxylic acids is 1. The van der Waals surface area contributed by atoms with Crippen molar-refractivity contribution in [3.05, 3.63) is 36.2 Å². The topological polar surface area (TPSA) is 83.6 Å². The van der Waals surface area contributed by atoms with Crippen LogP contribution in [0.1, 0.15) is 63.6 Å². The molecule has 2 aromatic rings. The first-order chi connectivity index (χ1) is 14.1. The summed E-state index contributed by atoms with van der Waals surface area (Å²) in [6.07, 6.45) is 8.03. The van der Waals surface area contributed by atoms with Gasteiger partial charge in [0, 0.05) is 5.92 Å². The van der Waals surface area contributed by atoms with Gasteiger partial charge in [0.15, 0.2) is 0 Å². The Morgan fingerprint density at radius 3 is 2.62 bits per heavy atom. The minimum Gasteiger partial charge on any atom is -0.337 e. The molecule has 1 N–H and O–H groups in total. The largest absolute Gasteiger partial charge is 0.337 e. The number of amides is 1. The molecular formula is C22H27N5OS. The number of nitrogens with zero attached hydrogens (tertiary/aromatic N) is 4. The highest BCUT2D eigenvalue weighted by Gasteiger charge is 2.43. The fourth-order valence-electron chi connectivity index (χ4n) is 4.09. The van der Waals surface area contributed by atoms with E-state index in [-0.39, 0.29) is 17.6 Å². The van der Waals surface area contributed by atoms with Crippen LogP contribution in [0.15, 0.2) is 35.5 Å². The average molecular weight is 410 g/mol. The van der Waals surface area contributed by atoms with E-state index in [9.17, 15) is 10.1 Å². The van der Waals surface area contributed by atoms with Crippen molar-refractivity contribution in [2.75, 3.05) is 5.75 Å². The molecule has 0 unspecified atom stereocenters. The highest BCUT2D eigenvalue weighted by molar-refractivity contribution is 7.99. The van der Waals surface area contributed by atoms with Crippen molar-refractivity contribution in [2.45, 2.75) is 68.5 Å². The van der Waals surface area contributed by atoms with Gasteiger partial charge in [-0.15, -0.1) is 5.10 Å². The number of hydrogen-bond donors (Lipinski definition) is 1. The maximum atomic E-state index is 12.4. The smallest absolute Gasteiger partial charge is 0.231 e. The van der Waals surface area contributed by atoms with E-state index in [1.807, 2.05) is 41.9 Å². The van der Waals surface area contributed by atoms with Crippen LogP contribution in [0.3, 0.4) is 0 Å². The number of rotatable bonds is 7. The van der Waals surface area contributed by atoms with E-state index in [0.29, 0.717) is 11.1 Å². The molecule has 1 atom stereocenters. The molecule has 0 spiro atoms. The molecule has 7 heteroatoms. The quantitative estimate of drug-likeness (QED) is 0.692. The van der Waals surface area contributed by atoms with Crippen molar-refractivity contribution in [3.8, 4) is 11.8 Å². The Bertz CT molecular complexity index is 896. The Morgan fingerprint density at radius 2 is 1.97 bits per heavy atom. The summed E-state index contributed by atoms with van der Waals surface area (Å²) in [5.74, 6) is 1.76. The van der Waals surface area contributed by atoms with Crippen molar-refractivity contribution in [2.24, 2.45) is 5.92 Å². The molecule has 29 heavy (non-hydrogen) atoms. The normalized spacial score (nSPS) is 19.3. The third-order valence-corrected chi connectivity index (χ3v) is 6.78. The highest BCUT2D eigenvalue weighted by Crippen LogP contribution is 2.39. The van der Waals surface area contributed by atoms with Gasteiger partial charge in [-0.1, -0.05) is 49.2 Å². The molecule has 1 aromatic carbocycles. The molecule has 1 heterocycles. The lowest BCUT2D eigenvalue weighted by molar-refractivity contribution is -0.119. The van der Waals surface area contributed by atoms with E-state index < -0.39 is 5.54 Å². The Balaban J connectivity index is 1.48. The molecule has 6 nitrogen and oxygen atoms in total. The molecule has 2 aliphatic rings. The van der Waals surface area contributed by atoms with Gasteiger partial charge in [0.1, 0.15) is 11.4 Å². The van der Waals surface area contributed by atoms with Gasteiger partial charge in [0.2, 0.25) is 11.1 Å². The first-order valence-electron chi connectivity index (χ1n) is 10.5. The molecule has 0 saturated heterocycles. The molecule has 2 fully saturated rings. The van der Waals surface area contributed by atoms with Crippen LogP contribution in [0, 0.1) is 17.2 Å². The molecule has 152 valence electrons. The van der Waals surface area contributed by atoms with Gasteiger partial charge in [-0.05, 0) is 50.7 Å².